The van der Waals surface area contributed by atoms with Gasteiger partial charge in [-0.2, -0.15) is 0 Å². The molecule has 1 saturated heterocycles. The van der Waals surface area contributed by atoms with Crippen LogP contribution in [0.2, 0.25) is 0 Å². The third kappa shape index (κ3) is 6.97. The van der Waals surface area contributed by atoms with Gasteiger partial charge >= 0.3 is 5.97 Å². The molecule has 0 aliphatic carbocycles. The Balaban J connectivity index is 0.000000521. The maximum Gasteiger partial charge on any atom is 0.337 e. The summed E-state index contributed by atoms with van der Waals surface area (Å²) in [6.45, 7) is 2.50. The predicted octanol–water partition coefficient (Wildman–Crippen LogP) is 3.42. The Morgan fingerprint density at radius 2 is 1.72 bits per heavy atom. The molecule has 7 nitrogen and oxygen atoms in total. The molecule has 1 aliphatic heterocycles. The van der Waals surface area contributed by atoms with Gasteiger partial charge < -0.3 is 25.2 Å². The first-order valence-corrected chi connectivity index (χ1v) is 9.29. The van der Waals surface area contributed by atoms with E-state index < -0.39 is 11.9 Å². The van der Waals surface area contributed by atoms with Gasteiger partial charge in [0.15, 0.2) is 11.5 Å². The molecule has 0 bridgehead atoms. The minimum Gasteiger partial charge on any atom is -0.493 e. The predicted molar refractivity (Wildman–Crippen MR) is 113 cm³/mol. The first kappa shape index (κ1) is 22.0. The smallest absolute Gasteiger partial charge is 0.337 e. The number of benzene rings is 2. The van der Waals surface area contributed by atoms with Gasteiger partial charge in [-0.25, -0.2) is 4.79 Å². The zero-order valence-corrected chi connectivity index (χ0v) is 16.6. The largest absolute Gasteiger partial charge is 0.493 e. The van der Waals surface area contributed by atoms with Gasteiger partial charge in [-0.3, -0.25) is 4.79 Å². The van der Waals surface area contributed by atoms with E-state index in [1.807, 2.05) is 0 Å². The highest BCUT2D eigenvalue weighted by atomic mass is 16.5. The molecule has 0 radical (unpaired) electrons. The van der Waals surface area contributed by atoms with Gasteiger partial charge in [0.05, 0.1) is 25.5 Å². The van der Waals surface area contributed by atoms with Crippen LogP contribution in [0.3, 0.4) is 0 Å². The molecule has 3 N–H and O–H groups in total. The van der Waals surface area contributed by atoms with Crippen LogP contribution in [-0.4, -0.2) is 44.3 Å². The summed E-state index contributed by atoms with van der Waals surface area (Å²) in [4.78, 5) is 23.1. The van der Waals surface area contributed by atoms with Crippen molar-refractivity contribution < 1.29 is 24.2 Å². The van der Waals surface area contributed by atoms with E-state index in [1.165, 1.54) is 51.2 Å². The monoisotopic (exact) mass is 398 g/mol. The van der Waals surface area contributed by atoms with Gasteiger partial charge in [0.1, 0.15) is 0 Å². The van der Waals surface area contributed by atoms with Crippen molar-refractivity contribution in [3.63, 3.8) is 0 Å². The molecule has 1 amide bonds. The second-order valence-corrected chi connectivity index (χ2v) is 6.24. The Bertz CT molecular complexity index is 852. The fourth-order valence-corrected chi connectivity index (χ4v) is 2.71. The average Bonchev–Trinajstić information content (AvgIpc) is 3.32. The maximum atomic E-state index is 12.0. The van der Waals surface area contributed by atoms with Crippen molar-refractivity contribution in [2.75, 3.05) is 32.6 Å². The molecule has 1 heterocycles. The number of anilines is 1. The molecule has 2 aromatic rings. The van der Waals surface area contributed by atoms with Crippen molar-refractivity contribution in [1.29, 1.82) is 0 Å². The molecule has 29 heavy (non-hydrogen) atoms. The molecule has 7 heteroatoms. The van der Waals surface area contributed by atoms with Gasteiger partial charge in [-0.05, 0) is 61.8 Å². The van der Waals surface area contributed by atoms with Crippen molar-refractivity contribution in [2.24, 2.45) is 0 Å². The number of hydrogen-bond donors (Lipinski definition) is 3. The van der Waals surface area contributed by atoms with Crippen LogP contribution in [0.5, 0.6) is 11.5 Å². The molecule has 0 saturated carbocycles. The zero-order chi connectivity index (χ0) is 21.1. The van der Waals surface area contributed by atoms with E-state index >= 15 is 0 Å². The highest BCUT2D eigenvalue weighted by molar-refractivity contribution is 6.06. The van der Waals surface area contributed by atoms with Gasteiger partial charge in [-0.1, -0.05) is 18.2 Å². The number of carboxylic acids is 1. The van der Waals surface area contributed by atoms with Crippen molar-refractivity contribution in [3.8, 4) is 11.5 Å². The Morgan fingerprint density at radius 3 is 2.31 bits per heavy atom. The summed E-state index contributed by atoms with van der Waals surface area (Å²) >= 11 is 0. The molecule has 0 aromatic heterocycles. The molecule has 3 rings (SSSR count). The first-order chi connectivity index (χ1) is 14.0. The van der Waals surface area contributed by atoms with Crippen LogP contribution in [-0.2, 0) is 4.79 Å². The van der Waals surface area contributed by atoms with Crippen molar-refractivity contribution in [2.45, 2.75) is 12.8 Å². The molecule has 0 unspecified atom stereocenters. The quantitative estimate of drug-likeness (QED) is 0.645. The normalized spacial score (nSPS) is 12.8. The van der Waals surface area contributed by atoms with E-state index in [9.17, 15) is 9.59 Å². The fraction of sp³-hybridized carbons (Fsp3) is 0.273. The highest BCUT2D eigenvalue weighted by Gasteiger charge is 2.10. The van der Waals surface area contributed by atoms with Gasteiger partial charge in [0.2, 0.25) is 5.91 Å². The summed E-state index contributed by atoms with van der Waals surface area (Å²) in [6, 6.07) is 11.4. The molecule has 2 aromatic carbocycles. The number of para-hydroxylation sites is 1. The molecule has 1 fully saturated rings. The fourth-order valence-electron chi connectivity index (χ4n) is 2.71. The molecule has 0 atom stereocenters. The Labute approximate surface area is 170 Å². The lowest BCUT2D eigenvalue weighted by molar-refractivity contribution is -0.111. The van der Waals surface area contributed by atoms with Crippen molar-refractivity contribution in [3.05, 3.63) is 59.7 Å². The number of methoxy groups -OCH3 is 2. The Kier molecular flexibility index (Phi) is 8.72. The van der Waals surface area contributed by atoms with Gasteiger partial charge in [0.25, 0.3) is 0 Å². The summed E-state index contributed by atoms with van der Waals surface area (Å²) in [6.07, 6.45) is 5.69. The number of carbonyl (C=O) groups excluding carboxylic acids is 1. The second-order valence-electron chi connectivity index (χ2n) is 6.24. The summed E-state index contributed by atoms with van der Waals surface area (Å²) in [5.74, 6) is -0.390. The SMILES string of the molecule is C1CCNC1.COc1ccc(/C=C/C(=O)Nc2ccccc2C(=O)O)cc1OC. The van der Waals surface area contributed by atoms with Crippen LogP contribution < -0.4 is 20.1 Å². The zero-order valence-electron chi connectivity index (χ0n) is 16.6. The van der Waals surface area contributed by atoms with Crippen LogP contribution in [0.25, 0.3) is 6.08 Å². The van der Waals surface area contributed by atoms with Crippen LogP contribution in [0.4, 0.5) is 5.69 Å². The number of carboxylic acid groups (broad SMARTS) is 1. The minimum absolute atomic E-state index is 0.0327. The van der Waals surface area contributed by atoms with Crippen LogP contribution in [0.15, 0.2) is 48.5 Å². The van der Waals surface area contributed by atoms with Gasteiger partial charge in [0, 0.05) is 6.08 Å². The average molecular weight is 398 g/mol. The van der Waals surface area contributed by atoms with E-state index in [1.54, 1.807) is 43.5 Å². The Hall–Kier alpha value is -3.32. The molecule has 154 valence electrons. The first-order valence-electron chi connectivity index (χ1n) is 9.29. The number of ether oxygens (including phenoxy) is 2. The van der Waals surface area contributed by atoms with E-state index in [2.05, 4.69) is 10.6 Å². The van der Waals surface area contributed by atoms with E-state index in [-0.39, 0.29) is 11.3 Å². The standard InChI is InChI=1S/C18H17NO5.C4H9N/c1-23-15-9-7-12(11-16(15)24-2)8-10-17(20)19-14-6-4-3-5-13(14)18(21)22;1-2-4-5-3-1/h3-11H,1-2H3,(H,19,20)(H,21,22);5H,1-4H2/b10-8+;. The number of amides is 1. The third-order valence-electron chi connectivity index (χ3n) is 4.21. The number of nitrogens with one attached hydrogen (secondary N) is 2. The second kappa shape index (κ2) is 11.5. The van der Waals surface area contributed by atoms with E-state index in [0.29, 0.717) is 11.5 Å². The summed E-state index contributed by atoms with van der Waals surface area (Å²) < 4.78 is 10.3. The number of hydrogen-bond acceptors (Lipinski definition) is 5. The lowest BCUT2D eigenvalue weighted by Gasteiger charge is -2.08. The molecular weight excluding hydrogens is 372 g/mol. The maximum absolute atomic E-state index is 12.0. The Morgan fingerprint density at radius 1 is 1.03 bits per heavy atom. The molecule has 1 aliphatic rings. The summed E-state index contributed by atoms with van der Waals surface area (Å²) in [5.41, 5.74) is 1.02. The van der Waals surface area contributed by atoms with Crippen LogP contribution >= 0.6 is 0 Å². The van der Waals surface area contributed by atoms with Crippen molar-refractivity contribution in [1.82, 2.24) is 5.32 Å². The summed E-state index contributed by atoms with van der Waals surface area (Å²) in [5, 5.41) is 14.9. The summed E-state index contributed by atoms with van der Waals surface area (Å²) in [7, 11) is 3.07. The van der Waals surface area contributed by atoms with E-state index in [0.717, 1.165) is 5.56 Å². The van der Waals surface area contributed by atoms with Gasteiger partial charge in [-0.15, -0.1) is 0 Å². The van der Waals surface area contributed by atoms with Crippen LogP contribution in [0.1, 0.15) is 28.8 Å². The topological polar surface area (TPSA) is 96.9 Å². The third-order valence-corrected chi connectivity index (χ3v) is 4.21. The minimum atomic E-state index is -1.10. The lowest BCUT2D eigenvalue weighted by Crippen LogP contribution is -2.11. The van der Waals surface area contributed by atoms with Crippen molar-refractivity contribution >= 4 is 23.6 Å². The molecule has 0 spiro atoms. The molecular formula is C22H26N2O5. The van der Waals surface area contributed by atoms with Crippen LogP contribution in [0, 0.1) is 0 Å². The number of aromatic carboxylic acids is 1. The number of rotatable bonds is 6. The lowest BCUT2D eigenvalue weighted by atomic mass is 10.1. The number of carbonyl (C=O) groups is 2. The van der Waals surface area contributed by atoms with E-state index in [4.69, 9.17) is 14.6 Å². The highest BCUT2D eigenvalue weighted by Crippen LogP contribution is 2.28.